The zero-order valence-corrected chi connectivity index (χ0v) is 32.6. The Labute approximate surface area is 295 Å². The van der Waals surface area contributed by atoms with Crippen molar-refractivity contribution in [1.29, 1.82) is 0 Å². The van der Waals surface area contributed by atoms with E-state index >= 15 is 0 Å². The molecule has 2 aromatic heterocycles. The largest absolute Gasteiger partial charge is 0.379 e. The van der Waals surface area contributed by atoms with Gasteiger partial charge in [0.2, 0.25) is 0 Å². The molecule has 11 nitrogen and oxygen atoms in total. The minimum atomic E-state index is -1.20. The van der Waals surface area contributed by atoms with Crippen molar-refractivity contribution in [1.82, 2.24) is 28.9 Å². The number of carbonyl (C=O) groups is 2. The molecule has 1 saturated heterocycles. The SMILES string of the molecule is C[Si](C)(C)CCOCn1ccnc1CC(Cc1nccn1COCC[Si](C)(C)C)CN(CCN1CCOCC1)C(=O)c1ccc(C=O)cc1. The molecule has 0 saturated carbocycles. The van der Waals surface area contributed by atoms with Crippen molar-refractivity contribution in [2.24, 2.45) is 5.92 Å². The van der Waals surface area contributed by atoms with Gasteiger partial charge in [-0.2, -0.15) is 0 Å². The molecular formula is C36H58N6O5Si2. The van der Waals surface area contributed by atoms with E-state index in [2.05, 4.69) is 53.3 Å². The third kappa shape index (κ3) is 13.7. The van der Waals surface area contributed by atoms with E-state index < -0.39 is 16.1 Å². The number of morpholine rings is 1. The summed E-state index contributed by atoms with van der Waals surface area (Å²) in [6.07, 6.45) is 9.72. The molecule has 1 amide bonds. The topological polar surface area (TPSA) is 104 Å². The predicted octanol–water partition coefficient (Wildman–Crippen LogP) is 5.39. The highest BCUT2D eigenvalue weighted by atomic mass is 28.3. The molecule has 4 rings (SSSR count). The first kappa shape index (κ1) is 38.8. The molecule has 0 radical (unpaired) electrons. The zero-order chi connectivity index (χ0) is 35.3. The Kier molecular flexibility index (Phi) is 15.0. The number of aromatic nitrogens is 4. The van der Waals surface area contributed by atoms with Crippen LogP contribution in [0.3, 0.4) is 0 Å². The normalized spacial score (nSPS) is 14.4. The summed E-state index contributed by atoms with van der Waals surface area (Å²) in [5, 5.41) is 0. The van der Waals surface area contributed by atoms with Gasteiger partial charge in [0.25, 0.3) is 5.91 Å². The molecule has 270 valence electrons. The van der Waals surface area contributed by atoms with E-state index in [1.165, 1.54) is 0 Å². The van der Waals surface area contributed by atoms with Gasteiger partial charge in [-0.1, -0.05) is 51.4 Å². The molecule has 1 aliphatic heterocycles. The Morgan fingerprint density at radius 2 is 1.41 bits per heavy atom. The van der Waals surface area contributed by atoms with E-state index in [0.717, 1.165) is 62.9 Å². The summed E-state index contributed by atoms with van der Waals surface area (Å²) < 4.78 is 21.9. The van der Waals surface area contributed by atoms with Gasteiger partial charge in [-0.15, -0.1) is 0 Å². The smallest absolute Gasteiger partial charge is 0.253 e. The molecule has 0 atom stereocenters. The Hall–Kier alpha value is -2.95. The lowest BCUT2D eigenvalue weighted by atomic mass is 9.98. The zero-order valence-electron chi connectivity index (χ0n) is 30.6. The molecule has 3 aromatic rings. The van der Waals surface area contributed by atoms with Gasteiger partial charge in [-0.3, -0.25) is 14.5 Å². The van der Waals surface area contributed by atoms with Crippen molar-refractivity contribution in [2.75, 3.05) is 59.2 Å². The molecule has 1 aromatic carbocycles. The molecular weight excluding hydrogens is 653 g/mol. The number of carbonyl (C=O) groups excluding carboxylic acids is 2. The highest BCUT2D eigenvalue weighted by Crippen LogP contribution is 2.19. The molecule has 0 aliphatic carbocycles. The standard InChI is InChI=1S/C36H58N6O5Si2/c1-48(2,3)23-21-46-29-41-13-11-37-34(41)25-32(26-35-38-12-14-42(35)30-47-22-24-49(4,5)6)27-40(16-15-39-17-19-45-20-18-39)36(44)33-9-7-31(28-43)8-10-33/h7-14,28,32H,15-27,29-30H2,1-6H3. The van der Waals surface area contributed by atoms with Crippen LogP contribution >= 0.6 is 0 Å². The van der Waals surface area contributed by atoms with Crippen molar-refractivity contribution < 1.29 is 23.8 Å². The monoisotopic (exact) mass is 710 g/mol. The first-order valence-corrected chi connectivity index (χ1v) is 25.1. The quantitative estimate of drug-likeness (QED) is 0.0824. The van der Waals surface area contributed by atoms with Crippen LogP contribution in [-0.2, 0) is 40.5 Å². The highest BCUT2D eigenvalue weighted by Gasteiger charge is 2.25. The van der Waals surface area contributed by atoms with Crippen molar-refractivity contribution >= 4 is 28.3 Å². The second-order valence-electron chi connectivity index (χ2n) is 15.5. The maximum Gasteiger partial charge on any atom is 0.253 e. The average molecular weight is 711 g/mol. The number of rotatable bonds is 21. The second kappa shape index (κ2) is 18.9. The second-order valence-corrected chi connectivity index (χ2v) is 26.8. The van der Waals surface area contributed by atoms with E-state index in [9.17, 15) is 9.59 Å². The number of hydrogen-bond acceptors (Lipinski definition) is 8. The van der Waals surface area contributed by atoms with Crippen LogP contribution in [0.25, 0.3) is 0 Å². The fraction of sp³-hybridized carbons (Fsp3) is 0.611. The minimum absolute atomic E-state index is 0.0224. The van der Waals surface area contributed by atoms with E-state index in [-0.39, 0.29) is 11.8 Å². The Bertz CT molecular complexity index is 1360. The fourth-order valence-corrected chi connectivity index (χ4v) is 7.17. The van der Waals surface area contributed by atoms with Crippen LogP contribution in [0.5, 0.6) is 0 Å². The summed E-state index contributed by atoms with van der Waals surface area (Å²) >= 11 is 0. The average Bonchev–Trinajstić information content (AvgIpc) is 3.71. The lowest BCUT2D eigenvalue weighted by molar-refractivity contribution is 0.0314. The third-order valence-corrected chi connectivity index (χ3v) is 12.3. The fourth-order valence-electron chi connectivity index (χ4n) is 5.66. The number of aldehydes is 1. The van der Waals surface area contributed by atoms with Gasteiger partial charge in [-0.05, 0) is 30.1 Å². The van der Waals surface area contributed by atoms with Crippen LogP contribution in [0.15, 0.2) is 49.1 Å². The molecule has 0 spiro atoms. The Morgan fingerprint density at radius 3 is 1.90 bits per heavy atom. The van der Waals surface area contributed by atoms with Gasteiger partial charge in [0.15, 0.2) is 0 Å². The van der Waals surface area contributed by atoms with Gasteiger partial charge in [0.1, 0.15) is 31.4 Å². The van der Waals surface area contributed by atoms with Crippen molar-refractivity contribution in [3.05, 3.63) is 71.8 Å². The van der Waals surface area contributed by atoms with Crippen molar-refractivity contribution in [3.63, 3.8) is 0 Å². The third-order valence-electron chi connectivity index (χ3n) is 8.85. The van der Waals surface area contributed by atoms with Gasteiger partial charge in [-0.25, -0.2) is 9.97 Å². The number of hydrogen-bond donors (Lipinski definition) is 0. The number of ether oxygens (including phenoxy) is 3. The lowest BCUT2D eigenvalue weighted by Crippen LogP contribution is -2.45. The predicted molar refractivity (Wildman–Crippen MR) is 199 cm³/mol. The van der Waals surface area contributed by atoms with Gasteiger partial charge >= 0.3 is 0 Å². The van der Waals surface area contributed by atoms with Crippen LogP contribution < -0.4 is 0 Å². The lowest BCUT2D eigenvalue weighted by Gasteiger charge is -2.32. The highest BCUT2D eigenvalue weighted by molar-refractivity contribution is 6.76. The van der Waals surface area contributed by atoms with E-state index in [4.69, 9.17) is 24.2 Å². The minimum Gasteiger partial charge on any atom is -0.379 e. The van der Waals surface area contributed by atoms with E-state index in [0.29, 0.717) is 63.7 Å². The van der Waals surface area contributed by atoms with E-state index in [1.54, 1.807) is 24.3 Å². The summed E-state index contributed by atoms with van der Waals surface area (Å²) in [5.41, 5.74) is 1.12. The summed E-state index contributed by atoms with van der Waals surface area (Å²) in [5.74, 6) is 1.83. The number of amides is 1. The molecule has 0 N–H and O–H groups in total. The summed E-state index contributed by atoms with van der Waals surface area (Å²) in [6, 6.07) is 9.12. The summed E-state index contributed by atoms with van der Waals surface area (Å²) in [4.78, 5) is 39.3. The molecule has 13 heteroatoms. The summed E-state index contributed by atoms with van der Waals surface area (Å²) in [6.45, 7) is 21.5. The van der Waals surface area contributed by atoms with Gasteiger partial charge < -0.3 is 28.2 Å². The summed E-state index contributed by atoms with van der Waals surface area (Å²) in [7, 11) is -2.40. The van der Waals surface area contributed by atoms with Crippen LogP contribution in [-0.4, -0.2) is 116 Å². The Morgan fingerprint density at radius 1 is 0.878 bits per heavy atom. The van der Waals surface area contributed by atoms with Crippen molar-refractivity contribution in [2.45, 2.75) is 77.7 Å². The maximum absolute atomic E-state index is 14.1. The molecule has 3 heterocycles. The first-order valence-electron chi connectivity index (χ1n) is 17.7. The van der Waals surface area contributed by atoms with Crippen LogP contribution in [0.1, 0.15) is 32.4 Å². The van der Waals surface area contributed by atoms with E-state index in [1.807, 2.05) is 29.7 Å². The molecule has 1 fully saturated rings. The number of imidazole rings is 2. The Balaban J connectivity index is 1.55. The number of benzene rings is 1. The van der Waals surface area contributed by atoms with Gasteiger partial charge in [0, 0.05) is 111 Å². The van der Waals surface area contributed by atoms with Crippen LogP contribution in [0.4, 0.5) is 0 Å². The van der Waals surface area contributed by atoms with Crippen LogP contribution in [0.2, 0.25) is 51.4 Å². The number of nitrogens with zero attached hydrogens (tertiary/aromatic N) is 6. The molecule has 49 heavy (non-hydrogen) atoms. The maximum atomic E-state index is 14.1. The first-order chi connectivity index (χ1) is 23.4. The molecule has 1 aliphatic rings. The van der Waals surface area contributed by atoms with Crippen molar-refractivity contribution in [3.8, 4) is 0 Å². The molecule has 0 bridgehead atoms. The molecule has 0 unspecified atom stereocenters. The van der Waals surface area contributed by atoms with Crippen LogP contribution in [0, 0.1) is 5.92 Å². The van der Waals surface area contributed by atoms with Gasteiger partial charge in [0.05, 0.1) is 13.2 Å².